The third-order valence-electron chi connectivity index (χ3n) is 4.26. The number of para-hydroxylation sites is 2. The van der Waals surface area contributed by atoms with E-state index in [1.807, 2.05) is 38.1 Å². The fourth-order valence-corrected chi connectivity index (χ4v) is 3.67. The average molecular weight is 391 g/mol. The summed E-state index contributed by atoms with van der Waals surface area (Å²) in [5.41, 5.74) is 2.46. The van der Waals surface area contributed by atoms with E-state index >= 15 is 0 Å². The van der Waals surface area contributed by atoms with Gasteiger partial charge in [0.1, 0.15) is 12.3 Å². The Morgan fingerprint density at radius 3 is 2.33 bits per heavy atom. The van der Waals surface area contributed by atoms with Crippen molar-refractivity contribution < 1.29 is 17.9 Å². The zero-order valence-corrected chi connectivity index (χ0v) is 16.9. The van der Waals surface area contributed by atoms with Crippen LogP contribution in [0.3, 0.4) is 0 Å². The summed E-state index contributed by atoms with van der Waals surface area (Å²) in [6, 6.07) is 14.5. The molecule has 1 atom stereocenters. The van der Waals surface area contributed by atoms with Crippen LogP contribution in [0.4, 0.5) is 5.69 Å². The maximum absolute atomic E-state index is 12.6. The molecule has 0 bridgehead atoms. The second-order valence-corrected chi connectivity index (χ2v) is 8.29. The first-order valence-electron chi connectivity index (χ1n) is 8.73. The predicted octanol–water partition coefficient (Wildman–Crippen LogP) is 3.04. The Balaban J connectivity index is 2.22. The van der Waals surface area contributed by atoms with Gasteiger partial charge in [0.15, 0.2) is 0 Å². The molecule has 2 aromatic carbocycles. The summed E-state index contributed by atoms with van der Waals surface area (Å²) in [5, 5.41) is 2.93. The number of carbonyl (C=O) groups is 1. The number of hydrogen-bond acceptors (Lipinski definition) is 4. The molecule has 6 nitrogen and oxygen atoms in total. The smallest absolute Gasteiger partial charge is 0.241 e. The molecule has 7 heteroatoms. The molecule has 0 aliphatic rings. The Labute approximate surface area is 161 Å². The number of ether oxygens (including phenoxy) is 1. The molecule has 0 aliphatic heterocycles. The van der Waals surface area contributed by atoms with Gasteiger partial charge in [-0.05, 0) is 31.0 Å². The molecule has 1 amide bonds. The highest BCUT2D eigenvalue weighted by atomic mass is 32.2. The minimum atomic E-state index is -3.67. The fourth-order valence-electron chi connectivity index (χ4n) is 2.81. The third kappa shape index (κ3) is 5.47. The van der Waals surface area contributed by atoms with Gasteiger partial charge in [0.2, 0.25) is 15.9 Å². The molecule has 2 aromatic rings. The topological polar surface area (TPSA) is 75.7 Å². The van der Waals surface area contributed by atoms with Crippen molar-refractivity contribution in [2.45, 2.75) is 26.3 Å². The molecule has 0 fully saturated rings. The summed E-state index contributed by atoms with van der Waals surface area (Å²) in [6.45, 7) is 3.65. The minimum Gasteiger partial charge on any atom is -0.495 e. The Bertz CT molecular complexity index is 879. The van der Waals surface area contributed by atoms with Gasteiger partial charge in [0.05, 0.1) is 25.1 Å². The molecule has 0 saturated carbocycles. The van der Waals surface area contributed by atoms with Gasteiger partial charge in [0, 0.05) is 0 Å². The van der Waals surface area contributed by atoms with E-state index in [1.54, 1.807) is 24.3 Å². The molecule has 1 N–H and O–H groups in total. The van der Waals surface area contributed by atoms with Crippen LogP contribution < -0.4 is 14.4 Å². The van der Waals surface area contributed by atoms with Gasteiger partial charge in [-0.15, -0.1) is 0 Å². The van der Waals surface area contributed by atoms with Crippen molar-refractivity contribution in [2.75, 3.05) is 24.2 Å². The molecule has 0 radical (unpaired) electrons. The highest BCUT2D eigenvalue weighted by molar-refractivity contribution is 7.92. The number of nitrogens with zero attached hydrogens (tertiary/aromatic N) is 1. The molecule has 0 heterocycles. The predicted molar refractivity (Wildman–Crippen MR) is 108 cm³/mol. The largest absolute Gasteiger partial charge is 0.495 e. The first-order valence-corrected chi connectivity index (χ1v) is 10.6. The molecule has 2 rings (SSSR count). The summed E-state index contributed by atoms with van der Waals surface area (Å²) in [4.78, 5) is 12.6. The van der Waals surface area contributed by atoms with Crippen molar-refractivity contribution in [1.82, 2.24) is 5.32 Å². The van der Waals surface area contributed by atoms with E-state index in [-0.39, 0.29) is 18.5 Å². The lowest BCUT2D eigenvalue weighted by atomic mass is 10.0. The zero-order valence-electron chi connectivity index (χ0n) is 16.1. The third-order valence-corrected chi connectivity index (χ3v) is 5.39. The number of hydrogen-bond donors (Lipinski definition) is 1. The van der Waals surface area contributed by atoms with Gasteiger partial charge < -0.3 is 10.1 Å². The van der Waals surface area contributed by atoms with Crippen LogP contribution in [-0.4, -0.2) is 34.2 Å². The van der Waals surface area contributed by atoms with Crippen LogP contribution in [0.5, 0.6) is 5.75 Å². The highest BCUT2D eigenvalue weighted by Gasteiger charge is 2.24. The van der Waals surface area contributed by atoms with E-state index < -0.39 is 10.0 Å². The fraction of sp³-hybridized carbons (Fsp3) is 0.350. The minimum absolute atomic E-state index is 0.183. The lowest BCUT2D eigenvalue weighted by Crippen LogP contribution is -2.41. The molecule has 0 spiro atoms. The Morgan fingerprint density at radius 2 is 1.78 bits per heavy atom. The van der Waals surface area contributed by atoms with Crippen molar-refractivity contribution in [2.24, 2.45) is 0 Å². The summed E-state index contributed by atoms with van der Waals surface area (Å²) >= 11 is 0. The van der Waals surface area contributed by atoms with E-state index in [9.17, 15) is 13.2 Å². The van der Waals surface area contributed by atoms with E-state index in [0.29, 0.717) is 17.9 Å². The highest BCUT2D eigenvalue weighted by Crippen LogP contribution is 2.29. The van der Waals surface area contributed by atoms with Crippen molar-refractivity contribution in [3.05, 3.63) is 59.7 Å². The normalized spacial score (nSPS) is 12.3. The second kappa shape index (κ2) is 8.90. The van der Waals surface area contributed by atoms with E-state index in [2.05, 4.69) is 5.32 Å². The number of rotatable bonds is 8. The van der Waals surface area contributed by atoms with E-state index in [4.69, 9.17) is 4.74 Å². The van der Waals surface area contributed by atoms with Crippen molar-refractivity contribution in [3.8, 4) is 5.75 Å². The Morgan fingerprint density at radius 1 is 1.15 bits per heavy atom. The molecular formula is C20H26N2O4S. The molecule has 0 aliphatic carbocycles. The lowest BCUT2D eigenvalue weighted by molar-refractivity contribution is -0.120. The lowest BCUT2D eigenvalue weighted by Gasteiger charge is -2.25. The standard InChI is InChI=1S/C20H26N2O4S/c1-5-17(16-12-10-15(2)11-13-16)21-20(23)14-22(27(4,24)25)18-8-6-7-9-19(18)26-3/h6-13,17H,5,14H2,1-4H3,(H,21,23)/t17-/m0/s1. The van der Waals surface area contributed by atoms with Gasteiger partial charge in [-0.3, -0.25) is 9.10 Å². The van der Waals surface area contributed by atoms with Crippen LogP contribution >= 0.6 is 0 Å². The summed E-state index contributed by atoms with van der Waals surface area (Å²) < 4.78 is 30.9. The first kappa shape index (κ1) is 20.8. The van der Waals surface area contributed by atoms with E-state index in [0.717, 1.165) is 21.7 Å². The molecule has 27 heavy (non-hydrogen) atoms. The van der Waals surface area contributed by atoms with Crippen molar-refractivity contribution in [3.63, 3.8) is 0 Å². The zero-order chi connectivity index (χ0) is 20.0. The number of methoxy groups -OCH3 is 1. The van der Waals surface area contributed by atoms with Crippen LogP contribution in [0.1, 0.15) is 30.5 Å². The van der Waals surface area contributed by atoms with Crippen LogP contribution in [0.25, 0.3) is 0 Å². The summed E-state index contributed by atoms with van der Waals surface area (Å²) in [5.74, 6) is 0.0139. The number of nitrogens with one attached hydrogen (secondary N) is 1. The molecular weight excluding hydrogens is 364 g/mol. The Kier molecular flexibility index (Phi) is 6.85. The monoisotopic (exact) mass is 390 g/mol. The van der Waals surface area contributed by atoms with Crippen molar-refractivity contribution >= 4 is 21.6 Å². The first-order chi connectivity index (χ1) is 12.8. The van der Waals surface area contributed by atoms with E-state index in [1.165, 1.54) is 7.11 Å². The van der Waals surface area contributed by atoms with Gasteiger partial charge in [-0.25, -0.2) is 8.42 Å². The average Bonchev–Trinajstić information content (AvgIpc) is 2.64. The van der Waals surface area contributed by atoms with Crippen molar-refractivity contribution in [1.29, 1.82) is 0 Å². The Hall–Kier alpha value is -2.54. The second-order valence-electron chi connectivity index (χ2n) is 6.38. The number of amides is 1. The molecule has 146 valence electrons. The van der Waals surface area contributed by atoms with Gasteiger partial charge in [0.25, 0.3) is 0 Å². The van der Waals surface area contributed by atoms with Gasteiger partial charge >= 0.3 is 0 Å². The molecule has 0 unspecified atom stereocenters. The number of carbonyl (C=O) groups excluding carboxylic acids is 1. The number of benzene rings is 2. The number of anilines is 1. The van der Waals surface area contributed by atoms with Crippen LogP contribution in [0.2, 0.25) is 0 Å². The van der Waals surface area contributed by atoms with Crippen LogP contribution in [0, 0.1) is 6.92 Å². The van der Waals surface area contributed by atoms with Gasteiger partial charge in [-0.2, -0.15) is 0 Å². The number of aryl methyl sites for hydroxylation is 1. The van der Waals surface area contributed by atoms with Crippen LogP contribution in [-0.2, 0) is 14.8 Å². The maximum Gasteiger partial charge on any atom is 0.241 e. The molecule has 0 aromatic heterocycles. The SMILES string of the molecule is CC[C@H](NC(=O)CN(c1ccccc1OC)S(C)(=O)=O)c1ccc(C)cc1. The summed E-state index contributed by atoms with van der Waals surface area (Å²) in [7, 11) is -2.20. The quantitative estimate of drug-likeness (QED) is 0.752. The number of sulfonamides is 1. The maximum atomic E-state index is 12.6. The van der Waals surface area contributed by atoms with Crippen LogP contribution in [0.15, 0.2) is 48.5 Å². The molecule has 0 saturated heterocycles. The summed E-state index contributed by atoms with van der Waals surface area (Å²) in [6.07, 6.45) is 1.77. The van der Waals surface area contributed by atoms with Gasteiger partial charge in [-0.1, -0.05) is 48.9 Å².